The largest absolute Gasteiger partial charge is 0.0848 e. The lowest BCUT2D eigenvalue weighted by atomic mass is 9.49. The van der Waals surface area contributed by atoms with Gasteiger partial charge in [-0.05, 0) is 73.0 Å². The van der Waals surface area contributed by atoms with E-state index in [9.17, 15) is 0 Å². The Morgan fingerprint density at radius 3 is 1.72 bits per heavy atom. The summed E-state index contributed by atoms with van der Waals surface area (Å²) >= 11 is 0. The molecule has 4 aliphatic rings. The molecule has 0 saturated heterocycles. The molecule has 4 aliphatic carbocycles. The normalized spacial score (nSPS) is 51.2. The van der Waals surface area contributed by atoms with Crippen molar-refractivity contribution >= 4 is 0 Å². The van der Waals surface area contributed by atoms with Crippen LogP contribution in [0.1, 0.15) is 58.8 Å². The maximum atomic E-state index is 2.64. The summed E-state index contributed by atoms with van der Waals surface area (Å²) in [5, 5.41) is 0. The lowest BCUT2D eigenvalue weighted by molar-refractivity contribution is -0.0135. The Morgan fingerprint density at radius 2 is 1.50 bits per heavy atom. The van der Waals surface area contributed by atoms with E-state index in [2.05, 4.69) is 38.2 Å². The van der Waals surface area contributed by atoms with Crippen molar-refractivity contribution in [2.24, 2.45) is 28.1 Å². The molecule has 4 bridgehead atoms. The van der Waals surface area contributed by atoms with Gasteiger partial charge in [-0.3, -0.25) is 0 Å². The summed E-state index contributed by atoms with van der Waals surface area (Å²) < 4.78 is 0. The van der Waals surface area contributed by atoms with Gasteiger partial charge in [0, 0.05) is 0 Å². The SMILES string of the molecule is CCC(C)(C12C=CC(CC1)C2)C12C=CC(CC1)C2. The van der Waals surface area contributed by atoms with E-state index < -0.39 is 0 Å². The second kappa shape index (κ2) is 3.32. The highest BCUT2D eigenvalue weighted by Crippen LogP contribution is 2.71. The molecule has 0 heteroatoms. The zero-order chi connectivity index (χ0) is 12.4. The number of rotatable bonds is 3. The highest BCUT2D eigenvalue weighted by Gasteiger charge is 2.62. The molecule has 4 atom stereocenters. The van der Waals surface area contributed by atoms with Crippen LogP contribution in [0.3, 0.4) is 0 Å². The smallest absolute Gasteiger partial charge is 0.00504 e. The number of hydrogen-bond donors (Lipinski definition) is 0. The van der Waals surface area contributed by atoms with E-state index in [1.54, 1.807) is 0 Å². The van der Waals surface area contributed by atoms with Crippen LogP contribution in [0.2, 0.25) is 0 Å². The van der Waals surface area contributed by atoms with Crippen LogP contribution in [0.5, 0.6) is 0 Å². The van der Waals surface area contributed by atoms with Gasteiger partial charge in [-0.25, -0.2) is 0 Å². The first-order valence-corrected chi connectivity index (χ1v) is 8.02. The first kappa shape index (κ1) is 11.3. The van der Waals surface area contributed by atoms with E-state index in [1.807, 2.05) is 0 Å². The molecule has 0 aromatic carbocycles. The summed E-state index contributed by atoms with van der Waals surface area (Å²) in [6.07, 6.45) is 20.4. The molecule has 0 aliphatic heterocycles. The molecule has 2 fully saturated rings. The third-order valence-electron chi connectivity index (χ3n) is 7.46. The first-order chi connectivity index (χ1) is 8.63. The summed E-state index contributed by atoms with van der Waals surface area (Å²) in [6, 6.07) is 0. The van der Waals surface area contributed by atoms with Crippen LogP contribution in [0.15, 0.2) is 24.3 Å². The fourth-order valence-corrected chi connectivity index (χ4v) is 6.07. The number of hydrogen-bond acceptors (Lipinski definition) is 0. The van der Waals surface area contributed by atoms with Crippen molar-refractivity contribution in [2.45, 2.75) is 58.8 Å². The first-order valence-electron chi connectivity index (χ1n) is 8.02. The summed E-state index contributed by atoms with van der Waals surface area (Å²) in [4.78, 5) is 0. The van der Waals surface area contributed by atoms with E-state index in [0.717, 1.165) is 11.8 Å². The van der Waals surface area contributed by atoms with Crippen molar-refractivity contribution in [3.63, 3.8) is 0 Å². The van der Waals surface area contributed by atoms with Gasteiger partial charge < -0.3 is 0 Å². The van der Waals surface area contributed by atoms with Crippen molar-refractivity contribution in [3.8, 4) is 0 Å². The van der Waals surface area contributed by atoms with Crippen molar-refractivity contribution in [3.05, 3.63) is 24.3 Å². The van der Waals surface area contributed by atoms with Crippen LogP contribution < -0.4 is 0 Å². The molecule has 0 aromatic heterocycles. The lowest BCUT2D eigenvalue weighted by Gasteiger charge is -2.54. The standard InChI is InChI=1S/C18H26/c1-3-16(2,17-8-4-14(12-17)5-9-17)18-10-6-15(13-18)7-11-18/h4,6,8,10,14-15H,3,5,7,9,11-13H2,1-2H3. The van der Waals surface area contributed by atoms with E-state index in [4.69, 9.17) is 0 Å². The molecular formula is C18H26. The summed E-state index contributed by atoms with van der Waals surface area (Å²) in [6.45, 7) is 5.07. The van der Waals surface area contributed by atoms with Crippen molar-refractivity contribution in [1.82, 2.24) is 0 Å². The second-order valence-electron chi connectivity index (χ2n) is 7.72. The molecule has 4 rings (SSSR count). The molecule has 0 spiro atoms. The van der Waals surface area contributed by atoms with Gasteiger partial charge in [0.05, 0.1) is 0 Å². The molecular weight excluding hydrogens is 216 g/mol. The van der Waals surface area contributed by atoms with Gasteiger partial charge in [-0.2, -0.15) is 0 Å². The molecule has 0 amide bonds. The summed E-state index contributed by atoms with van der Waals surface area (Å²) in [5.41, 5.74) is 1.58. The Bertz CT molecular complexity index is 393. The maximum Gasteiger partial charge on any atom is -0.00504 e. The van der Waals surface area contributed by atoms with Crippen LogP contribution in [0.4, 0.5) is 0 Å². The number of allylic oxidation sites excluding steroid dienone is 4. The molecule has 2 saturated carbocycles. The van der Waals surface area contributed by atoms with Crippen molar-refractivity contribution in [2.75, 3.05) is 0 Å². The molecule has 4 unspecified atom stereocenters. The Kier molecular flexibility index (Phi) is 2.09. The average Bonchev–Trinajstić information content (AvgIpc) is 3.16. The monoisotopic (exact) mass is 242 g/mol. The third kappa shape index (κ3) is 1.09. The van der Waals surface area contributed by atoms with Gasteiger partial charge in [-0.15, -0.1) is 0 Å². The molecule has 0 heterocycles. The van der Waals surface area contributed by atoms with Crippen LogP contribution >= 0.6 is 0 Å². The lowest BCUT2D eigenvalue weighted by Crippen LogP contribution is -2.47. The molecule has 0 aromatic rings. The minimum atomic E-state index is 0.503. The van der Waals surface area contributed by atoms with Crippen LogP contribution in [-0.2, 0) is 0 Å². The fourth-order valence-electron chi connectivity index (χ4n) is 6.07. The van der Waals surface area contributed by atoms with Gasteiger partial charge in [0.15, 0.2) is 0 Å². The van der Waals surface area contributed by atoms with Gasteiger partial charge >= 0.3 is 0 Å². The Balaban J connectivity index is 1.80. The fraction of sp³-hybridized carbons (Fsp3) is 0.778. The Morgan fingerprint density at radius 1 is 1.00 bits per heavy atom. The predicted octanol–water partition coefficient (Wildman–Crippen LogP) is 5.12. The van der Waals surface area contributed by atoms with Gasteiger partial charge in [0.1, 0.15) is 0 Å². The Labute approximate surface area is 112 Å². The van der Waals surface area contributed by atoms with Gasteiger partial charge in [0.2, 0.25) is 0 Å². The molecule has 0 nitrogen and oxygen atoms in total. The predicted molar refractivity (Wildman–Crippen MR) is 76.2 cm³/mol. The van der Waals surface area contributed by atoms with E-state index >= 15 is 0 Å². The summed E-state index contributed by atoms with van der Waals surface area (Å²) in [5.74, 6) is 1.82. The van der Waals surface area contributed by atoms with Crippen molar-refractivity contribution < 1.29 is 0 Å². The van der Waals surface area contributed by atoms with E-state index in [-0.39, 0.29) is 0 Å². The van der Waals surface area contributed by atoms with E-state index in [1.165, 1.54) is 44.9 Å². The van der Waals surface area contributed by atoms with Crippen LogP contribution in [-0.4, -0.2) is 0 Å². The highest BCUT2D eigenvalue weighted by atomic mass is 14.7. The quantitative estimate of drug-likeness (QED) is 0.603. The van der Waals surface area contributed by atoms with Crippen LogP contribution in [0.25, 0.3) is 0 Å². The molecule has 18 heavy (non-hydrogen) atoms. The molecule has 0 N–H and O–H groups in total. The topological polar surface area (TPSA) is 0 Å². The second-order valence-corrected chi connectivity index (χ2v) is 7.72. The van der Waals surface area contributed by atoms with Gasteiger partial charge in [0.25, 0.3) is 0 Å². The average molecular weight is 242 g/mol. The minimum absolute atomic E-state index is 0.503. The third-order valence-corrected chi connectivity index (χ3v) is 7.46. The minimum Gasteiger partial charge on any atom is -0.0848 e. The zero-order valence-corrected chi connectivity index (χ0v) is 11.9. The van der Waals surface area contributed by atoms with Crippen molar-refractivity contribution in [1.29, 1.82) is 0 Å². The molecule has 98 valence electrons. The highest BCUT2D eigenvalue weighted by molar-refractivity contribution is 5.29. The zero-order valence-electron chi connectivity index (χ0n) is 11.9. The van der Waals surface area contributed by atoms with E-state index in [0.29, 0.717) is 16.2 Å². The number of fused-ring (bicyclic) bond motifs is 4. The van der Waals surface area contributed by atoms with Crippen LogP contribution in [0, 0.1) is 28.1 Å². The maximum absolute atomic E-state index is 2.64. The Hall–Kier alpha value is -0.520. The van der Waals surface area contributed by atoms with Gasteiger partial charge in [-0.1, -0.05) is 38.2 Å². The molecule has 0 radical (unpaired) electrons. The summed E-state index contributed by atoms with van der Waals surface area (Å²) in [7, 11) is 0.